The summed E-state index contributed by atoms with van der Waals surface area (Å²) in [5.41, 5.74) is 0.733. The van der Waals surface area contributed by atoms with Gasteiger partial charge in [0.15, 0.2) is 0 Å². The van der Waals surface area contributed by atoms with Gasteiger partial charge in [-0.05, 0) is 24.0 Å². The summed E-state index contributed by atoms with van der Waals surface area (Å²) in [5, 5.41) is 10.5. The van der Waals surface area contributed by atoms with Crippen LogP contribution in [0.5, 0.6) is 0 Å². The third-order valence-corrected chi connectivity index (χ3v) is 2.25. The van der Waals surface area contributed by atoms with Gasteiger partial charge in [0, 0.05) is 17.0 Å². The molecule has 13 heavy (non-hydrogen) atoms. The van der Waals surface area contributed by atoms with Crippen molar-refractivity contribution in [2.45, 2.75) is 4.90 Å². The maximum atomic E-state index is 10.5. The van der Waals surface area contributed by atoms with Crippen LogP contribution in [0.2, 0.25) is 0 Å². The summed E-state index contributed by atoms with van der Waals surface area (Å²) in [6.45, 7) is 3.45. The first kappa shape index (κ1) is 9.80. The van der Waals surface area contributed by atoms with Crippen molar-refractivity contribution in [3.63, 3.8) is 0 Å². The minimum Gasteiger partial charge on any atom is -0.258 e. The number of nitrogens with zero attached hydrogens (tertiary/aromatic N) is 1. The molecule has 1 rings (SSSR count). The molecule has 0 aliphatic heterocycles. The van der Waals surface area contributed by atoms with Crippen LogP contribution in [-0.4, -0.2) is 11.2 Å². The molecule has 0 fully saturated rings. The van der Waals surface area contributed by atoms with E-state index in [2.05, 4.69) is 12.7 Å². The normalized spacial score (nSPS) is 9.62. The molecule has 0 atom stereocenters. The van der Waals surface area contributed by atoms with Crippen LogP contribution in [0.1, 0.15) is 5.56 Å². The zero-order valence-electron chi connectivity index (χ0n) is 7.11. The molecule has 0 amide bonds. The smallest absolute Gasteiger partial charge is 0.258 e. The Kier molecular flexibility index (Phi) is 3.08. The molecule has 1 radical (unpaired) electrons. The van der Waals surface area contributed by atoms with Crippen molar-refractivity contribution in [2.75, 3.05) is 6.26 Å². The van der Waals surface area contributed by atoms with Crippen LogP contribution in [0.4, 0.5) is 5.69 Å². The molecule has 4 heteroatoms. The third-order valence-electron chi connectivity index (χ3n) is 1.54. The molecule has 0 spiro atoms. The number of rotatable bonds is 3. The van der Waals surface area contributed by atoms with E-state index in [4.69, 9.17) is 0 Å². The molecule has 0 unspecified atom stereocenters. The lowest BCUT2D eigenvalue weighted by atomic mass is 10.2. The van der Waals surface area contributed by atoms with Crippen molar-refractivity contribution in [1.29, 1.82) is 0 Å². The molecule has 0 N–H and O–H groups in total. The van der Waals surface area contributed by atoms with E-state index in [1.165, 1.54) is 23.9 Å². The van der Waals surface area contributed by atoms with E-state index >= 15 is 0 Å². The highest BCUT2D eigenvalue weighted by Crippen LogP contribution is 2.23. The van der Waals surface area contributed by atoms with Gasteiger partial charge in [-0.15, -0.1) is 11.8 Å². The quantitative estimate of drug-likeness (QED) is 0.422. The first-order chi connectivity index (χ1) is 6.17. The molecule has 67 valence electrons. The van der Waals surface area contributed by atoms with Gasteiger partial charge in [0.25, 0.3) is 5.69 Å². The van der Waals surface area contributed by atoms with E-state index in [0.29, 0.717) is 5.56 Å². The molecule has 0 aromatic heterocycles. The molecule has 3 nitrogen and oxygen atoms in total. The van der Waals surface area contributed by atoms with E-state index in [-0.39, 0.29) is 5.69 Å². The SMILES string of the molecule is C=[C]c1cc(SC)cc([N+](=O)[O-])c1. The van der Waals surface area contributed by atoms with Gasteiger partial charge < -0.3 is 0 Å². The Morgan fingerprint density at radius 2 is 2.23 bits per heavy atom. The molecule has 0 bridgehead atoms. The summed E-state index contributed by atoms with van der Waals surface area (Å²) >= 11 is 1.46. The lowest BCUT2D eigenvalue weighted by molar-refractivity contribution is -0.385. The summed E-state index contributed by atoms with van der Waals surface area (Å²) in [4.78, 5) is 10.9. The predicted octanol–water partition coefficient (Wildman–Crippen LogP) is 2.65. The van der Waals surface area contributed by atoms with Crippen LogP contribution in [-0.2, 0) is 0 Å². The van der Waals surface area contributed by atoms with Gasteiger partial charge >= 0.3 is 0 Å². The van der Waals surface area contributed by atoms with Crippen molar-refractivity contribution in [2.24, 2.45) is 0 Å². The Bertz CT molecular complexity index is 349. The third kappa shape index (κ3) is 2.32. The maximum absolute atomic E-state index is 10.5. The van der Waals surface area contributed by atoms with Crippen LogP contribution < -0.4 is 0 Å². The van der Waals surface area contributed by atoms with Crippen LogP contribution in [0.25, 0.3) is 0 Å². The van der Waals surface area contributed by atoms with Gasteiger partial charge in [-0.3, -0.25) is 10.1 Å². The fourth-order valence-corrected chi connectivity index (χ4v) is 1.39. The van der Waals surface area contributed by atoms with Gasteiger partial charge in [-0.2, -0.15) is 0 Å². The van der Waals surface area contributed by atoms with Gasteiger partial charge in [0.05, 0.1) is 4.92 Å². The second-order valence-electron chi connectivity index (χ2n) is 2.35. The number of hydrogen-bond donors (Lipinski definition) is 0. The molecule has 1 aromatic rings. The number of nitro benzene ring substituents is 1. The number of thioether (sulfide) groups is 1. The van der Waals surface area contributed by atoms with E-state index in [0.717, 1.165) is 4.90 Å². The Hall–Kier alpha value is -1.29. The monoisotopic (exact) mass is 194 g/mol. The number of hydrogen-bond acceptors (Lipinski definition) is 3. The molecule has 0 saturated heterocycles. The van der Waals surface area contributed by atoms with Gasteiger partial charge in [-0.25, -0.2) is 0 Å². The lowest BCUT2D eigenvalue weighted by Crippen LogP contribution is -1.89. The Morgan fingerprint density at radius 3 is 2.69 bits per heavy atom. The Balaban J connectivity index is 3.22. The Labute approximate surface area is 80.6 Å². The summed E-state index contributed by atoms with van der Waals surface area (Å²) < 4.78 is 0. The predicted molar refractivity (Wildman–Crippen MR) is 52.8 cm³/mol. The minimum absolute atomic E-state index is 0.0815. The first-order valence-corrected chi connectivity index (χ1v) is 4.76. The van der Waals surface area contributed by atoms with E-state index < -0.39 is 4.92 Å². The Morgan fingerprint density at radius 1 is 1.54 bits per heavy atom. The lowest BCUT2D eigenvalue weighted by Gasteiger charge is -1.98. The maximum Gasteiger partial charge on any atom is 0.271 e. The fraction of sp³-hybridized carbons (Fsp3) is 0.111. The highest BCUT2D eigenvalue weighted by Gasteiger charge is 2.07. The zero-order chi connectivity index (χ0) is 9.84. The highest BCUT2D eigenvalue weighted by molar-refractivity contribution is 7.98. The van der Waals surface area contributed by atoms with E-state index in [1.54, 1.807) is 0 Å². The van der Waals surface area contributed by atoms with Gasteiger partial charge in [0.2, 0.25) is 0 Å². The first-order valence-electron chi connectivity index (χ1n) is 3.54. The summed E-state index contributed by atoms with van der Waals surface area (Å²) in [6, 6.07) is 4.79. The molecular weight excluding hydrogens is 186 g/mol. The number of non-ortho nitro benzene ring substituents is 1. The highest BCUT2D eigenvalue weighted by atomic mass is 32.2. The molecule has 0 heterocycles. The average Bonchev–Trinajstić information content (AvgIpc) is 2.16. The number of benzene rings is 1. The zero-order valence-corrected chi connectivity index (χ0v) is 7.93. The summed E-state index contributed by atoms with van der Waals surface area (Å²) in [6.07, 6.45) is 4.50. The van der Waals surface area contributed by atoms with Gasteiger partial charge in [0.1, 0.15) is 0 Å². The molecule has 0 aliphatic carbocycles. The van der Waals surface area contributed by atoms with Crippen molar-refractivity contribution < 1.29 is 4.92 Å². The second kappa shape index (κ2) is 4.09. The second-order valence-corrected chi connectivity index (χ2v) is 3.23. The topological polar surface area (TPSA) is 43.1 Å². The minimum atomic E-state index is -0.416. The van der Waals surface area contributed by atoms with E-state index in [9.17, 15) is 10.1 Å². The van der Waals surface area contributed by atoms with Crippen LogP contribution in [0, 0.1) is 16.2 Å². The fourth-order valence-electron chi connectivity index (χ4n) is 0.909. The summed E-state index contributed by atoms with van der Waals surface area (Å²) in [5.74, 6) is 0. The molecule has 0 aliphatic rings. The van der Waals surface area contributed by atoms with Crippen molar-refractivity contribution >= 4 is 17.4 Å². The van der Waals surface area contributed by atoms with Crippen LogP contribution in [0.15, 0.2) is 29.7 Å². The van der Waals surface area contributed by atoms with Crippen molar-refractivity contribution in [3.05, 3.63) is 46.5 Å². The van der Waals surface area contributed by atoms with E-state index in [1.807, 2.05) is 12.3 Å². The molecular formula is C9H8NO2S. The molecule has 1 aromatic carbocycles. The largest absolute Gasteiger partial charge is 0.271 e. The average molecular weight is 194 g/mol. The van der Waals surface area contributed by atoms with Crippen LogP contribution in [0.3, 0.4) is 0 Å². The van der Waals surface area contributed by atoms with Crippen molar-refractivity contribution in [3.8, 4) is 0 Å². The summed E-state index contributed by atoms with van der Waals surface area (Å²) in [7, 11) is 0. The van der Waals surface area contributed by atoms with Crippen LogP contribution >= 0.6 is 11.8 Å². The molecule has 0 saturated carbocycles. The standard InChI is InChI=1S/C9H8NO2S/c1-3-7-4-8(10(11)12)6-9(5-7)13-2/h4-6H,1H2,2H3. The van der Waals surface area contributed by atoms with Crippen molar-refractivity contribution in [1.82, 2.24) is 0 Å². The number of nitro groups is 1. The van der Waals surface area contributed by atoms with Gasteiger partial charge in [-0.1, -0.05) is 6.58 Å².